The molecule has 0 aromatic carbocycles. The van der Waals surface area contributed by atoms with E-state index in [0.29, 0.717) is 10.6 Å². The van der Waals surface area contributed by atoms with Gasteiger partial charge in [-0.15, -0.1) is 5.10 Å². The minimum absolute atomic E-state index is 0.0719. The van der Waals surface area contributed by atoms with Crippen molar-refractivity contribution in [2.45, 2.75) is 25.8 Å². The van der Waals surface area contributed by atoms with Gasteiger partial charge in [0.15, 0.2) is 0 Å². The number of carboxylic acids is 1. The molecule has 1 atom stereocenters. The van der Waals surface area contributed by atoms with Crippen molar-refractivity contribution >= 4 is 23.4 Å². The molecule has 1 aliphatic rings. The van der Waals surface area contributed by atoms with Crippen LogP contribution in [-0.4, -0.2) is 32.6 Å². The number of amides is 1. The fraction of sp³-hybridized carbons (Fsp3) is 0.556. The van der Waals surface area contributed by atoms with E-state index in [-0.39, 0.29) is 5.92 Å². The average Bonchev–Trinajstić information content (AvgIpc) is 2.96. The standard InChI is InChI=1S/C9H11N3O3S/c1-4-7(16-12-11-4)8(13)10-6(9(14)15)5-2-3-5/h5-6H,2-3H2,1H3,(H,10,13)(H,14,15). The number of hydrogen-bond acceptors (Lipinski definition) is 5. The summed E-state index contributed by atoms with van der Waals surface area (Å²) in [6.07, 6.45) is 1.72. The Balaban J connectivity index is 2.06. The molecule has 0 radical (unpaired) electrons. The predicted octanol–water partition coefficient (Wildman–Crippen LogP) is 0.440. The summed E-state index contributed by atoms with van der Waals surface area (Å²) in [7, 11) is 0. The fourth-order valence-electron chi connectivity index (χ4n) is 1.46. The zero-order valence-electron chi connectivity index (χ0n) is 8.64. The molecule has 7 heteroatoms. The highest BCUT2D eigenvalue weighted by atomic mass is 32.1. The van der Waals surface area contributed by atoms with Crippen molar-refractivity contribution in [3.63, 3.8) is 0 Å². The lowest BCUT2D eigenvalue weighted by Crippen LogP contribution is -2.42. The largest absolute Gasteiger partial charge is 0.480 e. The highest BCUT2D eigenvalue weighted by Gasteiger charge is 2.37. The van der Waals surface area contributed by atoms with Crippen molar-refractivity contribution in [2.24, 2.45) is 5.92 Å². The molecule has 1 unspecified atom stereocenters. The first-order chi connectivity index (χ1) is 7.59. The van der Waals surface area contributed by atoms with Gasteiger partial charge in [-0.3, -0.25) is 4.79 Å². The summed E-state index contributed by atoms with van der Waals surface area (Å²) >= 11 is 0.977. The smallest absolute Gasteiger partial charge is 0.326 e. The van der Waals surface area contributed by atoms with Gasteiger partial charge in [0.05, 0.1) is 5.69 Å². The monoisotopic (exact) mass is 241 g/mol. The number of aliphatic carboxylic acids is 1. The topological polar surface area (TPSA) is 92.2 Å². The van der Waals surface area contributed by atoms with Gasteiger partial charge in [0.2, 0.25) is 0 Å². The average molecular weight is 241 g/mol. The highest BCUT2D eigenvalue weighted by molar-refractivity contribution is 7.08. The second-order valence-corrected chi connectivity index (χ2v) is 4.57. The molecule has 0 spiro atoms. The third kappa shape index (κ3) is 2.19. The maximum absolute atomic E-state index is 11.7. The molecule has 6 nitrogen and oxygen atoms in total. The van der Waals surface area contributed by atoms with Gasteiger partial charge in [-0.05, 0) is 37.2 Å². The Morgan fingerprint density at radius 1 is 1.56 bits per heavy atom. The normalized spacial score (nSPS) is 16.8. The Morgan fingerprint density at radius 2 is 2.25 bits per heavy atom. The quantitative estimate of drug-likeness (QED) is 0.798. The number of rotatable bonds is 4. The van der Waals surface area contributed by atoms with Gasteiger partial charge in [0.25, 0.3) is 5.91 Å². The van der Waals surface area contributed by atoms with Crippen LogP contribution in [0.3, 0.4) is 0 Å². The number of aryl methyl sites for hydroxylation is 1. The molecule has 2 rings (SSSR count). The van der Waals surface area contributed by atoms with Crippen LogP contribution in [-0.2, 0) is 4.79 Å². The van der Waals surface area contributed by atoms with Crippen LogP contribution in [0.1, 0.15) is 28.2 Å². The lowest BCUT2D eigenvalue weighted by molar-refractivity contribution is -0.139. The number of carbonyl (C=O) groups excluding carboxylic acids is 1. The lowest BCUT2D eigenvalue weighted by atomic mass is 10.2. The molecule has 0 aliphatic heterocycles. The van der Waals surface area contributed by atoms with Crippen LogP contribution in [0.5, 0.6) is 0 Å². The van der Waals surface area contributed by atoms with Gasteiger partial charge in [0.1, 0.15) is 10.9 Å². The first-order valence-corrected chi connectivity index (χ1v) is 5.69. The third-order valence-corrected chi connectivity index (χ3v) is 3.33. The number of nitrogens with zero attached hydrogens (tertiary/aromatic N) is 2. The molecule has 1 aromatic rings. The van der Waals surface area contributed by atoms with Crippen LogP contribution in [0, 0.1) is 12.8 Å². The second kappa shape index (κ2) is 4.17. The van der Waals surface area contributed by atoms with E-state index in [9.17, 15) is 9.59 Å². The molecular formula is C9H11N3O3S. The Bertz CT molecular complexity index is 427. The Labute approximate surface area is 95.8 Å². The lowest BCUT2D eigenvalue weighted by Gasteiger charge is -2.12. The van der Waals surface area contributed by atoms with E-state index < -0.39 is 17.9 Å². The van der Waals surface area contributed by atoms with Crippen molar-refractivity contribution in [1.29, 1.82) is 0 Å². The second-order valence-electron chi connectivity index (χ2n) is 3.81. The Hall–Kier alpha value is -1.50. The number of aromatic nitrogens is 2. The van der Waals surface area contributed by atoms with Crippen LogP contribution in [0.25, 0.3) is 0 Å². The zero-order valence-corrected chi connectivity index (χ0v) is 9.45. The van der Waals surface area contributed by atoms with Crippen LogP contribution >= 0.6 is 11.5 Å². The molecular weight excluding hydrogens is 230 g/mol. The molecule has 1 amide bonds. The SMILES string of the molecule is Cc1nnsc1C(=O)NC(C(=O)O)C1CC1. The van der Waals surface area contributed by atoms with Crippen LogP contribution in [0.4, 0.5) is 0 Å². The van der Waals surface area contributed by atoms with E-state index in [2.05, 4.69) is 14.9 Å². The summed E-state index contributed by atoms with van der Waals surface area (Å²) in [6.45, 7) is 1.67. The molecule has 86 valence electrons. The van der Waals surface area contributed by atoms with Crippen molar-refractivity contribution in [2.75, 3.05) is 0 Å². The third-order valence-electron chi connectivity index (χ3n) is 2.50. The number of nitrogens with one attached hydrogen (secondary N) is 1. The van der Waals surface area contributed by atoms with E-state index >= 15 is 0 Å². The number of hydrogen-bond donors (Lipinski definition) is 2. The Morgan fingerprint density at radius 3 is 2.69 bits per heavy atom. The van der Waals surface area contributed by atoms with Crippen molar-refractivity contribution in [3.8, 4) is 0 Å². The van der Waals surface area contributed by atoms with Gasteiger partial charge < -0.3 is 10.4 Å². The fourth-order valence-corrected chi connectivity index (χ4v) is 2.02. The maximum atomic E-state index is 11.7. The van der Waals surface area contributed by atoms with Gasteiger partial charge in [-0.1, -0.05) is 4.49 Å². The minimum atomic E-state index is -0.981. The summed E-state index contributed by atoms with van der Waals surface area (Å²) in [5.41, 5.74) is 0.530. The van der Waals surface area contributed by atoms with Crippen LogP contribution in [0.15, 0.2) is 0 Å². The molecule has 1 saturated carbocycles. The van der Waals surface area contributed by atoms with Gasteiger partial charge in [-0.25, -0.2) is 4.79 Å². The van der Waals surface area contributed by atoms with E-state index in [1.807, 2.05) is 0 Å². The van der Waals surface area contributed by atoms with Gasteiger partial charge >= 0.3 is 5.97 Å². The Kier molecular flexibility index (Phi) is 2.86. The molecule has 1 aromatic heterocycles. The van der Waals surface area contributed by atoms with Gasteiger partial charge in [-0.2, -0.15) is 0 Å². The summed E-state index contributed by atoms with van der Waals surface area (Å²) in [5.74, 6) is -1.31. The first kappa shape index (κ1) is 11.0. The number of carbonyl (C=O) groups is 2. The van der Waals surface area contributed by atoms with E-state index in [1.165, 1.54) is 0 Å². The van der Waals surface area contributed by atoms with E-state index in [1.54, 1.807) is 6.92 Å². The molecule has 1 heterocycles. The maximum Gasteiger partial charge on any atom is 0.326 e. The molecule has 2 N–H and O–H groups in total. The minimum Gasteiger partial charge on any atom is -0.480 e. The van der Waals surface area contributed by atoms with Crippen molar-refractivity contribution < 1.29 is 14.7 Å². The van der Waals surface area contributed by atoms with Gasteiger partial charge in [0, 0.05) is 0 Å². The first-order valence-electron chi connectivity index (χ1n) is 4.92. The number of carboxylic acid groups (broad SMARTS) is 1. The summed E-state index contributed by atoms with van der Waals surface area (Å²) in [4.78, 5) is 23.0. The molecule has 1 aliphatic carbocycles. The van der Waals surface area contributed by atoms with Crippen LogP contribution < -0.4 is 5.32 Å². The van der Waals surface area contributed by atoms with E-state index in [0.717, 1.165) is 24.4 Å². The molecule has 1 fully saturated rings. The van der Waals surface area contributed by atoms with Crippen molar-refractivity contribution in [1.82, 2.24) is 14.9 Å². The molecule has 0 bridgehead atoms. The zero-order chi connectivity index (χ0) is 11.7. The molecule has 0 saturated heterocycles. The summed E-state index contributed by atoms with van der Waals surface area (Å²) in [5, 5.41) is 15.2. The van der Waals surface area contributed by atoms with Crippen LogP contribution in [0.2, 0.25) is 0 Å². The van der Waals surface area contributed by atoms with Crippen molar-refractivity contribution in [3.05, 3.63) is 10.6 Å². The highest BCUT2D eigenvalue weighted by Crippen LogP contribution is 2.33. The summed E-state index contributed by atoms with van der Waals surface area (Å²) < 4.78 is 3.64. The predicted molar refractivity (Wildman–Crippen MR) is 56.3 cm³/mol. The van der Waals surface area contributed by atoms with E-state index in [4.69, 9.17) is 5.11 Å². The molecule has 16 heavy (non-hydrogen) atoms. The summed E-state index contributed by atoms with van der Waals surface area (Å²) in [6, 6.07) is -0.783.